The Labute approximate surface area is 183 Å². The number of ether oxygens (including phenoxy) is 1. The van der Waals surface area contributed by atoms with E-state index in [2.05, 4.69) is 5.32 Å². The van der Waals surface area contributed by atoms with Gasteiger partial charge in [0.15, 0.2) is 6.61 Å². The SMILES string of the molecule is CC1CC(C)CN(S(=O)(=O)c2ccc(C(=O)OCC(=O)NCc3ccccc3)cc2)C1. The van der Waals surface area contributed by atoms with E-state index in [0.29, 0.717) is 31.5 Å². The second-order valence-electron chi connectivity index (χ2n) is 8.13. The normalized spacial score (nSPS) is 19.5. The number of hydrogen-bond donors (Lipinski definition) is 1. The maximum absolute atomic E-state index is 12.9. The summed E-state index contributed by atoms with van der Waals surface area (Å²) in [6.07, 6.45) is 1.01. The number of hydrogen-bond acceptors (Lipinski definition) is 5. The number of amides is 1. The highest BCUT2D eigenvalue weighted by Crippen LogP contribution is 2.26. The number of esters is 1. The molecule has 1 aliphatic heterocycles. The van der Waals surface area contributed by atoms with Crippen molar-refractivity contribution in [3.8, 4) is 0 Å². The molecule has 2 atom stereocenters. The molecule has 1 N–H and O–H groups in total. The molecule has 1 aliphatic rings. The lowest BCUT2D eigenvalue weighted by Crippen LogP contribution is -2.42. The Kier molecular flexibility index (Phi) is 7.46. The Morgan fingerprint density at radius 3 is 2.23 bits per heavy atom. The summed E-state index contributed by atoms with van der Waals surface area (Å²) >= 11 is 0. The van der Waals surface area contributed by atoms with E-state index in [-0.39, 0.29) is 10.5 Å². The van der Waals surface area contributed by atoms with Crippen molar-refractivity contribution in [2.75, 3.05) is 19.7 Å². The van der Waals surface area contributed by atoms with Gasteiger partial charge in [-0.15, -0.1) is 0 Å². The van der Waals surface area contributed by atoms with Crippen molar-refractivity contribution in [2.45, 2.75) is 31.7 Å². The van der Waals surface area contributed by atoms with Gasteiger partial charge in [0.25, 0.3) is 5.91 Å². The minimum absolute atomic E-state index is 0.144. The number of nitrogens with one attached hydrogen (secondary N) is 1. The van der Waals surface area contributed by atoms with Gasteiger partial charge >= 0.3 is 5.97 Å². The Morgan fingerprint density at radius 1 is 1.00 bits per heavy atom. The second-order valence-corrected chi connectivity index (χ2v) is 10.1. The number of nitrogens with zero attached hydrogens (tertiary/aromatic N) is 1. The summed E-state index contributed by atoms with van der Waals surface area (Å²) in [7, 11) is -3.61. The van der Waals surface area contributed by atoms with Gasteiger partial charge in [-0.3, -0.25) is 4.79 Å². The highest BCUT2D eigenvalue weighted by molar-refractivity contribution is 7.89. The fourth-order valence-electron chi connectivity index (χ4n) is 3.78. The van der Waals surface area contributed by atoms with Gasteiger partial charge in [0.2, 0.25) is 10.0 Å². The van der Waals surface area contributed by atoms with Gasteiger partial charge in [-0.05, 0) is 48.1 Å². The van der Waals surface area contributed by atoms with Crippen LogP contribution in [-0.2, 0) is 26.1 Å². The van der Waals surface area contributed by atoms with E-state index in [9.17, 15) is 18.0 Å². The van der Waals surface area contributed by atoms with Crippen LogP contribution in [0.2, 0.25) is 0 Å². The zero-order valence-electron chi connectivity index (χ0n) is 17.8. The van der Waals surface area contributed by atoms with Crippen LogP contribution in [0.1, 0.15) is 36.2 Å². The lowest BCUT2D eigenvalue weighted by atomic mass is 9.94. The first-order chi connectivity index (χ1) is 14.8. The molecule has 2 aromatic rings. The van der Waals surface area contributed by atoms with Gasteiger partial charge in [-0.2, -0.15) is 4.31 Å². The monoisotopic (exact) mass is 444 g/mol. The van der Waals surface area contributed by atoms with Crippen molar-refractivity contribution in [1.82, 2.24) is 9.62 Å². The first kappa shape index (κ1) is 23.0. The molecular weight excluding hydrogens is 416 g/mol. The van der Waals surface area contributed by atoms with Crippen LogP contribution in [0, 0.1) is 11.8 Å². The first-order valence-corrected chi connectivity index (χ1v) is 11.8. The maximum Gasteiger partial charge on any atom is 0.338 e. The molecule has 2 unspecified atom stereocenters. The molecule has 0 saturated carbocycles. The van der Waals surface area contributed by atoms with E-state index in [1.807, 2.05) is 44.2 Å². The van der Waals surface area contributed by atoms with Gasteiger partial charge < -0.3 is 10.1 Å². The van der Waals surface area contributed by atoms with Crippen LogP contribution in [-0.4, -0.2) is 44.3 Å². The van der Waals surface area contributed by atoms with E-state index < -0.39 is 28.5 Å². The van der Waals surface area contributed by atoms with E-state index in [1.54, 1.807) is 0 Å². The summed E-state index contributed by atoms with van der Waals surface area (Å²) in [5, 5.41) is 2.68. The summed E-state index contributed by atoms with van der Waals surface area (Å²) in [6.45, 7) is 5.02. The lowest BCUT2D eigenvalue weighted by Gasteiger charge is -2.34. The predicted octanol–water partition coefficient (Wildman–Crippen LogP) is 2.83. The van der Waals surface area contributed by atoms with Gasteiger partial charge in [0, 0.05) is 19.6 Å². The Hall–Kier alpha value is -2.71. The summed E-state index contributed by atoms with van der Waals surface area (Å²) < 4.78 is 32.4. The van der Waals surface area contributed by atoms with Crippen LogP contribution in [0.25, 0.3) is 0 Å². The molecule has 0 bridgehead atoms. The first-order valence-electron chi connectivity index (χ1n) is 10.3. The number of piperidine rings is 1. The van der Waals surface area contributed by atoms with Crippen molar-refractivity contribution in [3.63, 3.8) is 0 Å². The molecule has 1 fully saturated rings. The highest BCUT2D eigenvalue weighted by atomic mass is 32.2. The molecule has 8 heteroatoms. The average Bonchev–Trinajstić information content (AvgIpc) is 2.76. The molecule has 3 rings (SSSR count). The van der Waals surface area contributed by atoms with Crippen molar-refractivity contribution in [3.05, 3.63) is 65.7 Å². The Balaban J connectivity index is 1.54. The smallest absolute Gasteiger partial charge is 0.338 e. The van der Waals surface area contributed by atoms with Crippen molar-refractivity contribution in [2.24, 2.45) is 11.8 Å². The fraction of sp³-hybridized carbons (Fsp3) is 0.391. The van der Waals surface area contributed by atoms with E-state index in [1.165, 1.54) is 28.6 Å². The standard InChI is InChI=1S/C23H28N2O5S/c1-17-12-18(2)15-25(14-17)31(28,29)21-10-8-20(9-11-21)23(27)30-16-22(26)24-13-19-6-4-3-5-7-19/h3-11,17-18H,12-16H2,1-2H3,(H,24,26). The average molecular weight is 445 g/mol. The molecule has 2 aromatic carbocycles. The van der Waals surface area contributed by atoms with Crippen molar-refractivity contribution in [1.29, 1.82) is 0 Å². The van der Waals surface area contributed by atoms with Crippen LogP contribution >= 0.6 is 0 Å². The fourth-order valence-corrected chi connectivity index (χ4v) is 5.46. The minimum Gasteiger partial charge on any atom is -0.452 e. The largest absolute Gasteiger partial charge is 0.452 e. The van der Waals surface area contributed by atoms with Gasteiger partial charge in [0.05, 0.1) is 10.5 Å². The number of sulfonamides is 1. The number of carbonyl (C=O) groups excluding carboxylic acids is 2. The zero-order chi connectivity index (χ0) is 22.4. The summed E-state index contributed by atoms with van der Waals surface area (Å²) in [5.74, 6) is -0.481. The highest BCUT2D eigenvalue weighted by Gasteiger charge is 2.31. The minimum atomic E-state index is -3.61. The summed E-state index contributed by atoms with van der Waals surface area (Å²) in [4.78, 5) is 24.2. The molecule has 166 valence electrons. The van der Waals surface area contributed by atoms with Crippen LogP contribution in [0.5, 0.6) is 0 Å². The third-order valence-electron chi connectivity index (χ3n) is 5.23. The number of benzene rings is 2. The number of carbonyl (C=O) groups is 2. The van der Waals surface area contributed by atoms with E-state index in [4.69, 9.17) is 4.74 Å². The molecule has 1 amide bonds. The lowest BCUT2D eigenvalue weighted by molar-refractivity contribution is -0.124. The van der Waals surface area contributed by atoms with Gasteiger partial charge in [-0.1, -0.05) is 44.2 Å². The molecule has 0 radical (unpaired) electrons. The van der Waals surface area contributed by atoms with Crippen LogP contribution in [0.4, 0.5) is 0 Å². The van der Waals surface area contributed by atoms with Crippen LogP contribution in [0.15, 0.2) is 59.5 Å². The third kappa shape index (κ3) is 6.15. The van der Waals surface area contributed by atoms with Crippen molar-refractivity contribution >= 4 is 21.9 Å². The van der Waals surface area contributed by atoms with Gasteiger partial charge in [0.1, 0.15) is 0 Å². The van der Waals surface area contributed by atoms with Crippen LogP contribution < -0.4 is 5.32 Å². The van der Waals surface area contributed by atoms with Gasteiger partial charge in [-0.25, -0.2) is 13.2 Å². The summed E-state index contributed by atoms with van der Waals surface area (Å²) in [5.41, 5.74) is 1.13. The summed E-state index contributed by atoms with van der Waals surface area (Å²) in [6, 6.07) is 15.0. The molecule has 1 saturated heterocycles. The maximum atomic E-state index is 12.9. The van der Waals surface area contributed by atoms with E-state index in [0.717, 1.165) is 12.0 Å². The molecule has 0 spiro atoms. The van der Waals surface area contributed by atoms with Crippen molar-refractivity contribution < 1.29 is 22.7 Å². The predicted molar refractivity (Wildman–Crippen MR) is 117 cm³/mol. The second kappa shape index (κ2) is 10.1. The third-order valence-corrected chi connectivity index (χ3v) is 7.08. The van der Waals surface area contributed by atoms with Crippen LogP contribution in [0.3, 0.4) is 0 Å². The molecular formula is C23H28N2O5S. The molecule has 0 aromatic heterocycles. The quantitative estimate of drug-likeness (QED) is 0.663. The molecule has 31 heavy (non-hydrogen) atoms. The van der Waals surface area contributed by atoms with E-state index >= 15 is 0 Å². The Bertz CT molecular complexity index is 996. The zero-order valence-corrected chi connectivity index (χ0v) is 18.6. The molecule has 1 heterocycles. The molecule has 0 aliphatic carbocycles. The topological polar surface area (TPSA) is 92.8 Å². The molecule has 7 nitrogen and oxygen atoms in total. The Morgan fingerprint density at radius 2 is 1.61 bits per heavy atom. The number of rotatable bonds is 7.